The minimum absolute atomic E-state index is 0.116. The molecule has 1 unspecified atom stereocenters. The number of carbonyl (C=O) groups is 3. The Hall–Kier alpha value is -3.69. The van der Waals surface area contributed by atoms with E-state index in [-0.39, 0.29) is 11.6 Å². The van der Waals surface area contributed by atoms with Crippen LogP contribution in [-0.4, -0.2) is 57.5 Å². The average molecular weight is 455 g/mol. The van der Waals surface area contributed by atoms with Crippen LogP contribution in [0, 0.1) is 0 Å². The maximum absolute atomic E-state index is 12.1. The first-order valence-electron chi connectivity index (χ1n) is 11.0. The fourth-order valence-electron chi connectivity index (χ4n) is 3.45. The van der Waals surface area contributed by atoms with E-state index >= 15 is 0 Å². The van der Waals surface area contributed by atoms with Crippen LogP contribution < -0.4 is 16.4 Å². The Kier molecular flexibility index (Phi) is 7.47. The summed E-state index contributed by atoms with van der Waals surface area (Å²) < 4.78 is 0. The quantitative estimate of drug-likeness (QED) is 0.430. The minimum Gasteiger partial charge on any atom is -0.465 e. The highest BCUT2D eigenvalue weighted by molar-refractivity contribution is 5.96. The lowest BCUT2D eigenvalue weighted by atomic mass is 10.1. The van der Waals surface area contributed by atoms with E-state index in [1.807, 2.05) is 31.2 Å². The highest BCUT2D eigenvalue weighted by atomic mass is 16.4. The van der Waals surface area contributed by atoms with Crippen LogP contribution in [0.1, 0.15) is 60.0 Å². The minimum atomic E-state index is -1.16. The van der Waals surface area contributed by atoms with E-state index in [1.165, 1.54) is 14.0 Å². The Balaban J connectivity index is 1.69. The van der Waals surface area contributed by atoms with Gasteiger partial charge in [-0.1, -0.05) is 19.1 Å². The summed E-state index contributed by atoms with van der Waals surface area (Å²) in [7, 11) is 1.35. The van der Waals surface area contributed by atoms with E-state index in [4.69, 9.17) is 15.8 Å². The fourth-order valence-corrected chi connectivity index (χ4v) is 3.45. The van der Waals surface area contributed by atoms with Gasteiger partial charge in [0.1, 0.15) is 6.04 Å². The molecule has 0 spiro atoms. The number of primary amides is 1. The first-order chi connectivity index (χ1) is 15.7. The third-order valence-electron chi connectivity index (χ3n) is 5.70. The van der Waals surface area contributed by atoms with Crippen molar-refractivity contribution in [2.75, 3.05) is 18.9 Å². The van der Waals surface area contributed by atoms with Gasteiger partial charge in [0.05, 0.1) is 11.4 Å². The molecule has 2 aromatic rings. The molecule has 10 nitrogen and oxygen atoms in total. The Morgan fingerprint density at radius 2 is 2.00 bits per heavy atom. The Bertz CT molecular complexity index is 1050. The van der Waals surface area contributed by atoms with Crippen molar-refractivity contribution in [1.29, 1.82) is 0 Å². The van der Waals surface area contributed by atoms with E-state index in [9.17, 15) is 14.4 Å². The molecule has 1 aromatic heterocycles. The van der Waals surface area contributed by atoms with E-state index in [0.717, 1.165) is 40.4 Å². The van der Waals surface area contributed by atoms with E-state index in [0.29, 0.717) is 31.1 Å². The zero-order valence-electron chi connectivity index (χ0n) is 19.1. The summed E-state index contributed by atoms with van der Waals surface area (Å²) in [5.74, 6) is -0.273. The summed E-state index contributed by atoms with van der Waals surface area (Å²) in [5, 5.41) is 14.9. The number of benzene rings is 1. The van der Waals surface area contributed by atoms with Crippen LogP contribution in [0.3, 0.4) is 0 Å². The summed E-state index contributed by atoms with van der Waals surface area (Å²) in [6.07, 6.45) is 2.20. The summed E-state index contributed by atoms with van der Waals surface area (Å²) in [4.78, 5) is 45.3. The van der Waals surface area contributed by atoms with Crippen molar-refractivity contribution in [3.8, 4) is 0 Å². The molecule has 33 heavy (non-hydrogen) atoms. The van der Waals surface area contributed by atoms with Crippen molar-refractivity contribution < 1.29 is 19.5 Å². The van der Waals surface area contributed by atoms with Gasteiger partial charge in [-0.05, 0) is 50.3 Å². The number of anilines is 2. The van der Waals surface area contributed by atoms with Crippen molar-refractivity contribution in [2.45, 2.75) is 51.5 Å². The van der Waals surface area contributed by atoms with E-state index < -0.39 is 18.0 Å². The molecule has 1 saturated carbocycles. The van der Waals surface area contributed by atoms with Crippen LogP contribution in [0.2, 0.25) is 0 Å². The number of aromatic nitrogens is 2. The van der Waals surface area contributed by atoms with Gasteiger partial charge in [-0.3, -0.25) is 14.5 Å². The topological polar surface area (TPSA) is 151 Å². The molecule has 3 rings (SSSR count). The van der Waals surface area contributed by atoms with E-state index in [1.54, 1.807) is 0 Å². The molecule has 0 radical (unpaired) electrons. The normalized spacial score (nSPS) is 13.8. The van der Waals surface area contributed by atoms with Crippen LogP contribution in [0.4, 0.5) is 16.3 Å². The number of nitrogens with one attached hydrogen (secondary N) is 2. The first kappa shape index (κ1) is 24.0. The van der Waals surface area contributed by atoms with Gasteiger partial charge in [0.15, 0.2) is 11.5 Å². The molecular formula is C23H30N6O4. The highest BCUT2D eigenvalue weighted by Gasteiger charge is 2.30. The van der Waals surface area contributed by atoms with Gasteiger partial charge in [0.2, 0.25) is 5.91 Å². The number of likely N-dealkylation sites (N-methyl/N-ethyl adjacent to an activating group) is 1. The molecule has 1 aliphatic rings. The maximum atomic E-state index is 12.1. The number of aryl methyl sites for hydroxylation is 1. The molecule has 1 aliphatic carbocycles. The average Bonchev–Trinajstić information content (AvgIpc) is 3.63. The molecule has 3 amide bonds. The van der Waals surface area contributed by atoms with Gasteiger partial charge < -0.3 is 21.5 Å². The standard InChI is InChI=1S/C23H30N6O4/c1-4-17-18(15-8-9-15)28-21(19(27-17)20(24)30)26-16-7-5-6-14(12-16)10-11-25-22(31)13(2)29(3)23(32)33/h5-7,12-13,15H,4,8-11H2,1-3H3,(H2,24,30)(H,25,31)(H,26,28)(H,32,33). The Labute approximate surface area is 192 Å². The van der Waals surface area contributed by atoms with Crippen molar-refractivity contribution in [2.24, 2.45) is 5.73 Å². The zero-order chi connectivity index (χ0) is 24.1. The molecule has 10 heteroatoms. The zero-order valence-corrected chi connectivity index (χ0v) is 19.1. The van der Waals surface area contributed by atoms with Crippen molar-refractivity contribution in [3.05, 3.63) is 46.9 Å². The van der Waals surface area contributed by atoms with E-state index in [2.05, 4.69) is 15.6 Å². The Morgan fingerprint density at radius 1 is 1.27 bits per heavy atom. The molecule has 0 saturated heterocycles. The van der Waals surface area contributed by atoms with Crippen LogP contribution in [0.5, 0.6) is 0 Å². The predicted molar refractivity (Wildman–Crippen MR) is 124 cm³/mol. The summed E-state index contributed by atoms with van der Waals surface area (Å²) >= 11 is 0. The molecule has 1 aromatic carbocycles. The number of carboxylic acid groups (broad SMARTS) is 1. The summed E-state index contributed by atoms with van der Waals surface area (Å²) in [6.45, 7) is 3.87. The number of amides is 3. The van der Waals surface area contributed by atoms with Crippen molar-refractivity contribution in [1.82, 2.24) is 20.2 Å². The third kappa shape index (κ3) is 5.97. The smallest absolute Gasteiger partial charge is 0.407 e. The second-order valence-electron chi connectivity index (χ2n) is 8.18. The number of nitrogens with two attached hydrogens (primary N) is 1. The highest BCUT2D eigenvalue weighted by Crippen LogP contribution is 2.41. The van der Waals surface area contributed by atoms with Gasteiger partial charge in [0.25, 0.3) is 5.91 Å². The lowest BCUT2D eigenvalue weighted by molar-refractivity contribution is -0.124. The van der Waals surface area contributed by atoms with Crippen LogP contribution in [0.25, 0.3) is 0 Å². The largest absolute Gasteiger partial charge is 0.465 e. The molecule has 1 atom stereocenters. The molecule has 176 valence electrons. The fraction of sp³-hybridized carbons (Fsp3) is 0.435. The number of nitrogens with zero attached hydrogens (tertiary/aromatic N) is 3. The molecule has 5 N–H and O–H groups in total. The molecule has 1 heterocycles. The van der Waals surface area contributed by atoms with Gasteiger partial charge >= 0.3 is 6.09 Å². The molecular weight excluding hydrogens is 424 g/mol. The number of hydrogen-bond acceptors (Lipinski definition) is 6. The van der Waals surface area contributed by atoms with Gasteiger partial charge in [-0.25, -0.2) is 14.8 Å². The summed E-state index contributed by atoms with van der Waals surface area (Å²) in [6, 6.07) is 6.74. The van der Waals surface area contributed by atoms with Crippen molar-refractivity contribution >= 4 is 29.4 Å². The molecule has 0 aliphatic heterocycles. The lowest BCUT2D eigenvalue weighted by Gasteiger charge is -2.20. The monoisotopic (exact) mass is 454 g/mol. The van der Waals surface area contributed by atoms with Gasteiger partial charge in [-0.2, -0.15) is 0 Å². The molecule has 0 bridgehead atoms. The van der Waals surface area contributed by atoms with Crippen LogP contribution in [-0.2, 0) is 17.6 Å². The second-order valence-corrected chi connectivity index (χ2v) is 8.18. The molecule has 1 fully saturated rings. The summed E-state index contributed by atoms with van der Waals surface area (Å²) in [5.41, 5.74) is 9.07. The third-order valence-corrected chi connectivity index (χ3v) is 5.70. The first-order valence-corrected chi connectivity index (χ1v) is 11.0. The number of rotatable bonds is 10. The van der Waals surface area contributed by atoms with Crippen LogP contribution in [0.15, 0.2) is 24.3 Å². The lowest BCUT2D eigenvalue weighted by Crippen LogP contribution is -2.45. The number of carbonyl (C=O) groups excluding carboxylic acids is 2. The van der Waals surface area contributed by atoms with Crippen LogP contribution >= 0.6 is 0 Å². The predicted octanol–water partition coefficient (Wildman–Crippen LogP) is 2.42. The second kappa shape index (κ2) is 10.3. The number of hydrogen-bond donors (Lipinski definition) is 4. The van der Waals surface area contributed by atoms with Gasteiger partial charge in [-0.15, -0.1) is 0 Å². The SMILES string of the molecule is CCc1nc(C(N)=O)c(Nc2cccc(CCNC(=O)C(C)N(C)C(=O)O)c2)nc1C1CC1. The maximum Gasteiger partial charge on any atom is 0.407 e. The van der Waals surface area contributed by atoms with Crippen molar-refractivity contribution in [3.63, 3.8) is 0 Å². The Morgan fingerprint density at radius 3 is 2.61 bits per heavy atom. The van der Waals surface area contributed by atoms with Gasteiger partial charge in [0, 0.05) is 25.2 Å².